The van der Waals surface area contributed by atoms with Crippen molar-refractivity contribution in [1.82, 2.24) is 9.97 Å². The van der Waals surface area contributed by atoms with Gasteiger partial charge in [0.15, 0.2) is 5.78 Å². The summed E-state index contributed by atoms with van der Waals surface area (Å²) in [4.78, 5) is 20.7. The molecule has 2 aromatic rings. The number of anilines is 1. The van der Waals surface area contributed by atoms with Gasteiger partial charge in [0, 0.05) is 6.42 Å². The molecule has 0 bridgehead atoms. The summed E-state index contributed by atoms with van der Waals surface area (Å²) in [6, 6.07) is 8.03. The van der Waals surface area contributed by atoms with Crippen LogP contribution in [0.1, 0.15) is 35.1 Å². The molecule has 1 aromatic carbocycles. The average Bonchev–Trinajstić information content (AvgIpc) is 2.46. The summed E-state index contributed by atoms with van der Waals surface area (Å²) < 4.78 is 27.1. The van der Waals surface area contributed by atoms with Crippen molar-refractivity contribution in [3.63, 3.8) is 0 Å². The molecular weight excluding hydrogens is 314 g/mol. The molecule has 6 nitrogen and oxygen atoms in total. The lowest BCUT2D eigenvalue weighted by molar-refractivity contribution is 0.0951. The van der Waals surface area contributed by atoms with E-state index in [0.29, 0.717) is 29.8 Å². The largest absolute Gasteiger partial charge is 0.294 e. The molecule has 3 rings (SSSR count). The van der Waals surface area contributed by atoms with Crippen LogP contribution in [0.5, 0.6) is 0 Å². The highest BCUT2D eigenvalue weighted by Gasteiger charge is 2.27. The minimum atomic E-state index is -3.74. The molecule has 0 spiro atoms. The van der Waals surface area contributed by atoms with Crippen LogP contribution in [-0.4, -0.2) is 24.2 Å². The van der Waals surface area contributed by atoms with Gasteiger partial charge in [-0.05, 0) is 31.4 Å². The van der Waals surface area contributed by atoms with Gasteiger partial charge in [-0.2, -0.15) is 0 Å². The highest BCUT2D eigenvalue weighted by molar-refractivity contribution is 7.92. The predicted molar refractivity (Wildman–Crippen MR) is 85.8 cm³/mol. The van der Waals surface area contributed by atoms with Gasteiger partial charge in [-0.15, -0.1) is 0 Å². The van der Waals surface area contributed by atoms with Crippen molar-refractivity contribution < 1.29 is 13.2 Å². The Labute approximate surface area is 135 Å². The Morgan fingerprint density at radius 3 is 2.52 bits per heavy atom. The molecule has 1 atom stereocenters. The lowest BCUT2D eigenvalue weighted by atomic mass is 9.86. The Hall–Kier alpha value is -2.28. The van der Waals surface area contributed by atoms with Gasteiger partial charge in [0.05, 0.1) is 21.8 Å². The van der Waals surface area contributed by atoms with Crippen LogP contribution in [0.2, 0.25) is 0 Å². The molecule has 1 heterocycles. The number of ketones is 1. The highest BCUT2D eigenvalue weighted by atomic mass is 32.2. The van der Waals surface area contributed by atoms with Gasteiger partial charge in [0.25, 0.3) is 10.0 Å². The van der Waals surface area contributed by atoms with Gasteiger partial charge in [0.2, 0.25) is 5.95 Å². The van der Waals surface area contributed by atoms with Crippen molar-refractivity contribution in [2.75, 3.05) is 4.72 Å². The summed E-state index contributed by atoms with van der Waals surface area (Å²) in [6.07, 6.45) is 1.12. The van der Waals surface area contributed by atoms with Crippen LogP contribution in [0.25, 0.3) is 0 Å². The molecule has 1 N–H and O–H groups in total. The fraction of sp³-hybridized carbons (Fsp3) is 0.312. The fourth-order valence-electron chi connectivity index (χ4n) is 2.79. The first-order valence-electron chi connectivity index (χ1n) is 7.35. The SMILES string of the molecule is Cc1nc(NS(=O)(=O)c2ccccc2)nc2c1C(=O)CC(C)C2. The van der Waals surface area contributed by atoms with E-state index < -0.39 is 10.0 Å². The van der Waals surface area contributed by atoms with Gasteiger partial charge in [-0.3, -0.25) is 4.79 Å². The summed E-state index contributed by atoms with van der Waals surface area (Å²) in [5.74, 6) is 0.226. The van der Waals surface area contributed by atoms with Crippen molar-refractivity contribution in [3.8, 4) is 0 Å². The van der Waals surface area contributed by atoms with Crippen LogP contribution in [0, 0.1) is 12.8 Å². The summed E-state index contributed by atoms with van der Waals surface area (Å²) in [5.41, 5.74) is 1.66. The van der Waals surface area contributed by atoms with Gasteiger partial charge in [-0.25, -0.2) is 23.1 Å². The number of rotatable bonds is 3. The minimum Gasteiger partial charge on any atom is -0.294 e. The molecule has 0 saturated heterocycles. The van der Waals surface area contributed by atoms with E-state index in [0.717, 1.165) is 0 Å². The third kappa shape index (κ3) is 3.10. The van der Waals surface area contributed by atoms with Crippen molar-refractivity contribution in [1.29, 1.82) is 0 Å². The van der Waals surface area contributed by atoms with Crippen molar-refractivity contribution in [3.05, 3.63) is 47.3 Å². The molecule has 0 radical (unpaired) electrons. The molecule has 1 aliphatic rings. The second kappa shape index (κ2) is 5.73. The van der Waals surface area contributed by atoms with E-state index in [2.05, 4.69) is 14.7 Å². The van der Waals surface area contributed by atoms with Gasteiger partial charge in [0.1, 0.15) is 0 Å². The Balaban J connectivity index is 1.98. The molecule has 1 aromatic heterocycles. The first-order valence-corrected chi connectivity index (χ1v) is 8.83. The second-order valence-electron chi connectivity index (χ2n) is 5.81. The summed E-state index contributed by atoms with van der Waals surface area (Å²) in [6.45, 7) is 3.68. The number of hydrogen-bond donors (Lipinski definition) is 1. The number of carbonyl (C=O) groups is 1. The molecule has 1 aliphatic carbocycles. The normalized spacial score (nSPS) is 17.7. The first-order chi connectivity index (χ1) is 10.9. The molecular formula is C16H17N3O3S. The maximum Gasteiger partial charge on any atom is 0.264 e. The minimum absolute atomic E-state index is 0.00648. The molecule has 0 saturated carbocycles. The summed E-state index contributed by atoms with van der Waals surface area (Å²) in [5, 5.41) is 0. The standard InChI is InChI=1S/C16H17N3O3S/c1-10-8-13-15(14(20)9-10)11(2)17-16(18-13)19-23(21,22)12-6-4-3-5-7-12/h3-7,10H,8-9H2,1-2H3,(H,17,18,19). The van der Waals surface area contributed by atoms with E-state index in [1.165, 1.54) is 12.1 Å². The molecule has 120 valence electrons. The van der Waals surface area contributed by atoms with Crippen LogP contribution in [0.3, 0.4) is 0 Å². The van der Waals surface area contributed by atoms with Crippen LogP contribution in [0.4, 0.5) is 5.95 Å². The zero-order valence-corrected chi connectivity index (χ0v) is 13.7. The summed E-state index contributed by atoms with van der Waals surface area (Å²) >= 11 is 0. The maximum absolute atomic E-state index is 12.4. The van der Waals surface area contributed by atoms with E-state index in [4.69, 9.17) is 0 Å². The Morgan fingerprint density at radius 2 is 1.83 bits per heavy atom. The van der Waals surface area contributed by atoms with E-state index in [1.54, 1.807) is 25.1 Å². The van der Waals surface area contributed by atoms with Crippen molar-refractivity contribution in [2.24, 2.45) is 5.92 Å². The van der Waals surface area contributed by atoms with Crippen LogP contribution < -0.4 is 4.72 Å². The topological polar surface area (TPSA) is 89.0 Å². The summed E-state index contributed by atoms with van der Waals surface area (Å²) in [7, 11) is -3.74. The Kier molecular flexibility index (Phi) is 3.89. The number of nitrogens with one attached hydrogen (secondary N) is 1. The number of fused-ring (bicyclic) bond motifs is 1. The molecule has 0 amide bonds. The number of benzene rings is 1. The Bertz CT molecular complexity index is 864. The molecule has 0 fully saturated rings. The number of aryl methyl sites for hydroxylation is 1. The van der Waals surface area contributed by atoms with Crippen molar-refractivity contribution >= 4 is 21.8 Å². The van der Waals surface area contributed by atoms with E-state index in [-0.39, 0.29) is 22.5 Å². The van der Waals surface area contributed by atoms with Gasteiger partial charge < -0.3 is 0 Å². The third-order valence-electron chi connectivity index (χ3n) is 3.80. The van der Waals surface area contributed by atoms with Crippen LogP contribution in [-0.2, 0) is 16.4 Å². The number of aromatic nitrogens is 2. The van der Waals surface area contributed by atoms with Gasteiger partial charge >= 0.3 is 0 Å². The number of hydrogen-bond acceptors (Lipinski definition) is 5. The number of nitrogens with zero attached hydrogens (tertiary/aromatic N) is 2. The predicted octanol–water partition coefficient (Wildman–Crippen LogP) is 2.35. The number of sulfonamides is 1. The molecule has 23 heavy (non-hydrogen) atoms. The molecule has 0 aliphatic heterocycles. The highest BCUT2D eigenvalue weighted by Crippen LogP contribution is 2.27. The zero-order chi connectivity index (χ0) is 16.6. The quantitative estimate of drug-likeness (QED) is 0.932. The van der Waals surface area contributed by atoms with Crippen LogP contribution in [0.15, 0.2) is 35.2 Å². The lowest BCUT2D eigenvalue weighted by Gasteiger charge is -2.21. The van der Waals surface area contributed by atoms with Crippen LogP contribution >= 0.6 is 0 Å². The lowest BCUT2D eigenvalue weighted by Crippen LogP contribution is -2.23. The smallest absolute Gasteiger partial charge is 0.264 e. The maximum atomic E-state index is 12.4. The van der Waals surface area contributed by atoms with Crippen molar-refractivity contribution in [2.45, 2.75) is 31.6 Å². The second-order valence-corrected chi connectivity index (χ2v) is 7.49. The first kappa shape index (κ1) is 15.6. The number of Topliss-reactive ketones (excluding diaryl/α,β-unsaturated/α-hetero) is 1. The van der Waals surface area contributed by atoms with E-state index in [1.807, 2.05) is 6.92 Å². The fourth-order valence-corrected chi connectivity index (χ4v) is 3.75. The molecule has 1 unspecified atom stereocenters. The van der Waals surface area contributed by atoms with E-state index >= 15 is 0 Å². The Morgan fingerprint density at radius 1 is 1.13 bits per heavy atom. The average molecular weight is 331 g/mol. The molecule has 7 heteroatoms. The third-order valence-corrected chi connectivity index (χ3v) is 5.14. The van der Waals surface area contributed by atoms with Gasteiger partial charge in [-0.1, -0.05) is 25.1 Å². The monoisotopic (exact) mass is 331 g/mol. The van der Waals surface area contributed by atoms with E-state index in [9.17, 15) is 13.2 Å². The zero-order valence-electron chi connectivity index (χ0n) is 12.9. The number of carbonyl (C=O) groups excluding carboxylic acids is 1.